The van der Waals surface area contributed by atoms with E-state index in [1.807, 2.05) is 37.3 Å². The van der Waals surface area contributed by atoms with Crippen molar-refractivity contribution in [3.8, 4) is 5.75 Å². The first-order chi connectivity index (χ1) is 16.7. The number of benzene rings is 3. The molecule has 184 valence electrons. The molecule has 3 rings (SSSR count). The van der Waals surface area contributed by atoms with Gasteiger partial charge >= 0.3 is 5.97 Å². The Morgan fingerprint density at radius 1 is 0.971 bits per heavy atom. The highest BCUT2D eigenvalue weighted by Crippen LogP contribution is 2.23. The number of ether oxygens (including phenoxy) is 2. The highest BCUT2D eigenvalue weighted by Gasteiger charge is 2.24. The van der Waals surface area contributed by atoms with E-state index < -0.39 is 27.9 Å². The first-order valence-electron chi connectivity index (χ1n) is 11.0. The van der Waals surface area contributed by atoms with Gasteiger partial charge in [0.15, 0.2) is 0 Å². The maximum atomic E-state index is 13.1. The van der Waals surface area contributed by atoms with E-state index in [4.69, 9.17) is 9.47 Å². The SMILES string of the molecule is CCOc1ccc(NS(=O)(=O)c2cc(C(=O)N[C@@H](Cc3ccccc3)C(=O)OC)ccc2C)cc1. The Morgan fingerprint density at radius 2 is 1.66 bits per heavy atom. The predicted molar refractivity (Wildman–Crippen MR) is 133 cm³/mol. The molecule has 0 unspecified atom stereocenters. The number of hydrogen-bond acceptors (Lipinski definition) is 6. The van der Waals surface area contributed by atoms with Crippen LogP contribution in [0.3, 0.4) is 0 Å². The molecule has 0 aromatic heterocycles. The van der Waals surface area contributed by atoms with Gasteiger partial charge in [-0.15, -0.1) is 0 Å². The lowest BCUT2D eigenvalue weighted by Gasteiger charge is -2.17. The molecule has 0 radical (unpaired) electrons. The minimum Gasteiger partial charge on any atom is -0.494 e. The van der Waals surface area contributed by atoms with Crippen LogP contribution < -0.4 is 14.8 Å². The van der Waals surface area contributed by atoms with Gasteiger partial charge in [-0.1, -0.05) is 36.4 Å². The molecule has 3 aromatic rings. The van der Waals surface area contributed by atoms with Crippen LogP contribution in [0.15, 0.2) is 77.7 Å². The van der Waals surface area contributed by atoms with Crippen molar-refractivity contribution in [2.45, 2.75) is 31.2 Å². The molecule has 0 aliphatic rings. The molecule has 2 N–H and O–H groups in total. The number of sulfonamides is 1. The predicted octanol–water partition coefficient (Wildman–Crippen LogP) is 3.71. The zero-order valence-electron chi connectivity index (χ0n) is 19.8. The molecule has 0 aliphatic carbocycles. The summed E-state index contributed by atoms with van der Waals surface area (Å²) >= 11 is 0. The van der Waals surface area contributed by atoms with Gasteiger partial charge in [-0.2, -0.15) is 0 Å². The minimum atomic E-state index is -3.99. The molecule has 0 fully saturated rings. The number of carbonyl (C=O) groups is 2. The van der Waals surface area contributed by atoms with Crippen LogP contribution in [0.2, 0.25) is 0 Å². The Labute approximate surface area is 205 Å². The van der Waals surface area contributed by atoms with E-state index in [1.165, 1.54) is 19.2 Å². The molecule has 1 atom stereocenters. The summed E-state index contributed by atoms with van der Waals surface area (Å²) in [5.74, 6) is -0.561. The zero-order valence-corrected chi connectivity index (χ0v) is 20.6. The number of aryl methyl sites for hydroxylation is 1. The van der Waals surface area contributed by atoms with Crippen LogP contribution in [-0.4, -0.2) is 40.1 Å². The molecule has 0 saturated carbocycles. The molecule has 35 heavy (non-hydrogen) atoms. The van der Waals surface area contributed by atoms with Crippen molar-refractivity contribution in [1.29, 1.82) is 0 Å². The second-order valence-electron chi connectivity index (χ2n) is 7.78. The number of rotatable bonds is 10. The average molecular weight is 497 g/mol. The molecule has 3 aromatic carbocycles. The standard InChI is InChI=1S/C26H28N2O6S/c1-4-34-22-14-12-21(13-15-22)28-35(31,32)24-17-20(11-10-18(24)2)25(29)27-23(26(30)33-3)16-19-8-6-5-7-9-19/h5-15,17,23,28H,4,16H2,1-3H3,(H,27,29)/t23-/m0/s1. The Bertz CT molecular complexity index is 1270. The van der Waals surface area contributed by atoms with E-state index in [2.05, 4.69) is 10.0 Å². The van der Waals surface area contributed by atoms with Crippen molar-refractivity contribution in [3.63, 3.8) is 0 Å². The third-order valence-corrected chi connectivity index (χ3v) is 6.75. The first-order valence-corrected chi connectivity index (χ1v) is 12.5. The third-order valence-electron chi connectivity index (χ3n) is 5.23. The summed E-state index contributed by atoms with van der Waals surface area (Å²) in [5, 5.41) is 2.66. The van der Waals surface area contributed by atoms with Gasteiger partial charge in [0, 0.05) is 17.7 Å². The molecule has 9 heteroatoms. The van der Waals surface area contributed by atoms with Crippen LogP contribution in [0, 0.1) is 6.92 Å². The number of carbonyl (C=O) groups excluding carboxylic acids is 2. The van der Waals surface area contributed by atoms with Gasteiger partial charge in [-0.25, -0.2) is 13.2 Å². The molecule has 0 heterocycles. The smallest absolute Gasteiger partial charge is 0.328 e. The lowest BCUT2D eigenvalue weighted by Crippen LogP contribution is -2.43. The molecule has 8 nitrogen and oxygen atoms in total. The van der Waals surface area contributed by atoms with Crippen molar-refractivity contribution in [3.05, 3.63) is 89.5 Å². The lowest BCUT2D eigenvalue weighted by molar-refractivity contribution is -0.142. The Hall–Kier alpha value is -3.85. The number of esters is 1. The van der Waals surface area contributed by atoms with Crippen LogP contribution >= 0.6 is 0 Å². The summed E-state index contributed by atoms with van der Waals surface area (Å²) in [6.07, 6.45) is 0.232. The minimum absolute atomic E-state index is 0.0447. The summed E-state index contributed by atoms with van der Waals surface area (Å²) in [5.41, 5.74) is 1.77. The van der Waals surface area contributed by atoms with Gasteiger partial charge in [-0.3, -0.25) is 9.52 Å². The Balaban J connectivity index is 1.81. The summed E-state index contributed by atoms with van der Waals surface area (Å²) in [6, 6.07) is 19.1. The highest BCUT2D eigenvalue weighted by molar-refractivity contribution is 7.92. The van der Waals surface area contributed by atoms with Crippen molar-refractivity contribution in [2.24, 2.45) is 0 Å². The number of anilines is 1. The number of nitrogens with one attached hydrogen (secondary N) is 2. The van der Waals surface area contributed by atoms with Gasteiger partial charge in [0.05, 0.1) is 18.6 Å². The molecule has 0 spiro atoms. The van der Waals surface area contributed by atoms with Gasteiger partial charge < -0.3 is 14.8 Å². The lowest BCUT2D eigenvalue weighted by atomic mass is 10.1. The third kappa shape index (κ3) is 6.83. The number of amides is 1. The van der Waals surface area contributed by atoms with Crippen molar-refractivity contribution in [2.75, 3.05) is 18.4 Å². The monoisotopic (exact) mass is 496 g/mol. The quantitative estimate of drug-likeness (QED) is 0.414. The van der Waals surface area contributed by atoms with Crippen LogP contribution in [0.25, 0.3) is 0 Å². The highest BCUT2D eigenvalue weighted by atomic mass is 32.2. The van der Waals surface area contributed by atoms with Gasteiger partial charge in [0.1, 0.15) is 11.8 Å². The summed E-state index contributed by atoms with van der Waals surface area (Å²) in [7, 11) is -2.74. The fourth-order valence-corrected chi connectivity index (χ4v) is 4.78. The summed E-state index contributed by atoms with van der Waals surface area (Å²) in [4.78, 5) is 25.2. The van der Waals surface area contributed by atoms with Crippen molar-refractivity contribution >= 4 is 27.6 Å². The van der Waals surface area contributed by atoms with E-state index in [0.717, 1.165) is 5.56 Å². The van der Waals surface area contributed by atoms with E-state index >= 15 is 0 Å². The van der Waals surface area contributed by atoms with E-state index in [1.54, 1.807) is 37.3 Å². The van der Waals surface area contributed by atoms with Crippen LogP contribution in [0.4, 0.5) is 5.69 Å². The summed E-state index contributed by atoms with van der Waals surface area (Å²) < 4.78 is 38.9. The van der Waals surface area contributed by atoms with Gasteiger partial charge in [0.25, 0.3) is 15.9 Å². The number of methoxy groups -OCH3 is 1. The Kier molecular flexibility index (Phi) is 8.48. The maximum Gasteiger partial charge on any atom is 0.328 e. The zero-order chi connectivity index (χ0) is 25.4. The van der Waals surface area contributed by atoms with E-state index in [0.29, 0.717) is 23.6 Å². The van der Waals surface area contributed by atoms with E-state index in [9.17, 15) is 18.0 Å². The molecule has 0 aliphatic heterocycles. The fraction of sp³-hybridized carbons (Fsp3) is 0.231. The number of hydrogen-bond donors (Lipinski definition) is 2. The van der Waals surface area contributed by atoms with Crippen molar-refractivity contribution < 1.29 is 27.5 Å². The summed E-state index contributed by atoms with van der Waals surface area (Å²) in [6.45, 7) is 4.00. The second kappa shape index (κ2) is 11.5. The molecular weight excluding hydrogens is 468 g/mol. The van der Waals surface area contributed by atoms with Gasteiger partial charge in [0.2, 0.25) is 0 Å². The second-order valence-corrected chi connectivity index (χ2v) is 9.43. The molecule has 1 amide bonds. The van der Waals surface area contributed by atoms with Crippen LogP contribution in [0.1, 0.15) is 28.4 Å². The maximum absolute atomic E-state index is 13.1. The topological polar surface area (TPSA) is 111 Å². The van der Waals surface area contributed by atoms with Crippen LogP contribution in [-0.2, 0) is 26.0 Å². The molecular formula is C26H28N2O6S. The fourth-order valence-electron chi connectivity index (χ4n) is 3.45. The van der Waals surface area contributed by atoms with Gasteiger partial charge in [-0.05, 0) is 61.4 Å². The van der Waals surface area contributed by atoms with Crippen molar-refractivity contribution in [1.82, 2.24) is 5.32 Å². The van der Waals surface area contributed by atoms with E-state index in [-0.39, 0.29) is 16.9 Å². The largest absolute Gasteiger partial charge is 0.494 e. The molecule has 0 bridgehead atoms. The average Bonchev–Trinajstić information content (AvgIpc) is 2.85. The molecule has 0 saturated heterocycles. The first kappa shape index (κ1) is 25.8. The van der Waals surface area contributed by atoms with Crippen LogP contribution in [0.5, 0.6) is 5.75 Å². The Morgan fingerprint density at radius 3 is 2.29 bits per heavy atom. The normalized spacial score (nSPS) is 11.9.